The van der Waals surface area contributed by atoms with Gasteiger partial charge in [0.25, 0.3) is 5.56 Å². The van der Waals surface area contributed by atoms with Crippen LogP contribution in [-0.2, 0) is 4.79 Å². The number of para-hydroxylation sites is 1. The van der Waals surface area contributed by atoms with Crippen LogP contribution in [0.25, 0.3) is 16.6 Å². The number of benzene rings is 3. The molecule has 0 spiro atoms. The van der Waals surface area contributed by atoms with Gasteiger partial charge < -0.3 is 5.32 Å². The molecular formula is C22H14BrCl2N3O2S. The monoisotopic (exact) mass is 533 g/mol. The Balaban J connectivity index is 1.66. The summed E-state index contributed by atoms with van der Waals surface area (Å²) >= 11 is 16.6. The van der Waals surface area contributed by atoms with Crippen LogP contribution in [0, 0.1) is 0 Å². The van der Waals surface area contributed by atoms with Crippen molar-refractivity contribution in [1.82, 2.24) is 9.55 Å². The number of carbonyl (C=O) groups excluding carboxylic acids is 1. The van der Waals surface area contributed by atoms with Crippen molar-refractivity contribution in [1.29, 1.82) is 0 Å². The number of rotatable bonds is 5. The van der Waals surface area contributed by atoms with E-state index in [-0.39, 0.29) is 17.2 Å². The number of carbonyl (C=O) groups is 1. The Morgan fingerprint density at radius 1 is 1.03 bits per heavy atom. The minimum Gasteiger partial charge on any atom is -0.325 e. The molecule has 1 amide bonds. The summed E-state index contributed by atoms with van der Waals surface area (Å²) in [6, 6.07) is 19.3. The fourth-order valence-corrected chi connectivity index (χ4v) is 4.58. The standard InChI is InChI=1S/C22H14BrCl2N3O2S/c23-13-5-7-17(8-6-13)28-21(30)18-3-1-2-4-19(18)27-22(28)31-12-20(29)26-16-10-14(24)9-15(25)11-16/h1-11H,12H2,(H,26,29). The van der Waals surface area contributed by atoms with Gasteiger partial charge in [0.2, 0.25) is 5.91 Å². The smallest absolute Gasteiger partial charge is 0.266 e. The topological polar surface area (TPSA) is 64.0 Å². The fraction of sp³-hybridized carbons (Fsp3) is 0.0455. The lowest BCUT2D eigenvalue weighted by molar-refractivity contribution is -0.113. The first-order chi connectivity index (χ1) is 14.9. The van der Waals surface area contributed by atoms with Crippen LogP contribution < -0.4 is 10.9 Å². The number of amides is 1. The van der Waals surface area contributed by atoms with E-state index in [1.54, 1.807) is 36.4 Å². The summed E-state index contributed by atoms with van der Waals surface area (Å²) in [4.78, 5) is 30.4. The fourth-order valence-electron chi connectivity index (χ4n) is 2.98. The van der Waals surface area contributed by atoms with E-state index in [1.807, 2.05) is 30.3 Å². The largest absolute Gasteiger partial charge is 0.325 e. The minimum absolute atomic E-state index is 0.0471. The van der Waals surface area contributed by atoms with Crippen LogP contribution >= 0.6 is 50.9 Å². The second-order valence-corrected chi connectivity index (χ2v) is 9.25. The molecule has 4 aromatic rings. The van der Waals surface area contributed by atoms with Gasteiger partial charge >= 0.3 is 0 Å². The Morgan fingerprint density at radius 2 is 1.71 bits per heavy atom. The highest BCUT2D eigenvalue weighted by molar-refractivity contribution is 9.10. The third-order valence-corrected chi connectivity index (χ3v) is 6.21. The summed E-state index contributed by atoms with van der Waals surface area (Å²) in [6.07, 6.45) is 0. The van der Waals surface area contributed by atoms with Crippen molar-refractivity contribution in [3.63, 3.8) is 0 Å². The van der Waals surface area contributed by atoms with Crippen LogP contribution in [0.5, 0.6) is 0 Å². The summed E-state index contributed by atoms with van der Waals surface area (Å²) in [5.74, 6) is -0.223. The van der Waals surface area contributed by atoms with Gasteiger partial charge in [-0.3, -0.25) is 14.2 Å². The van der Waals surface area contributed by atoms with Crippen molar-refractivity contribution in [2.75, 3.05) is 11.1 Å². The number of nitrogens with one attached hydrogen (secondary N) is 1. The van der Waals surface area contributed by atoms with E-state index in [9.17, 15) is 9.59 Å². The predicted molar refractivity (Wildman–Crippen MR) is 131 cm³/mol. The Hall–Kier alpha value is -2.32. The van der Waals surface area contributed by atoms with Crippen LogP contribution in [0.3, 0.4) is 0 Å². The van der Waals surface area contributed by atoms with Crippen LogP contribution in [0.4, 0.5) is 5.69 Å². The molecule has 0 unspecified atom stereocenters. The highest BCUT2D eigenvalue weighted by Gasteiger charge is 2.15. The van der Waals surface area contributed by atoms with Crippen LogP contribution in [0.2, 0.25) is 10.0 Å². The van der Waals surface area contributed by atoms with Gasteiger partial charge in [-0.05, 0) is 54.6 Å². The van der Waals surface area contributed by atoms with Gasteiger partial charge in [-0.15, -0.1) is 0 Å². The quantitative estimate of drug-likeness (QED) is 0.245. The van der Waals surface area contributed by atoms with Crippen molar-refractivity contribution in [2.24, 2.45) is 0 Å². The molecule has 31 heavy (non-hydrogen) atoms. The van der Waals surface area contributed by atoms with Crippen molar-refractivity contribution < 1.29 is 4.79 Å². The molecule has 1 N–H and O–H groups in total. The summed E-state index contributed by atoms with van der Waals surface area (Å²) < 4.78 is 2.41. The van der Waals surface area contributed by atoms with E-state index in [0.717, 1.165) is 4.47 Å². The summed E-state index contributed by atoms with van der Waals surface area (Å²) in [5.41, 5.74) is 1.54. The lowest BCUT2D eigenvalue weighted by atomic mass is 10.2. The molecule has 0 saturated heterocycles. The molecule has 5 nitrogen and oxygen atoms in total. The zero-order valence-electron chi connectivity index (χ0n) is 15.8. The molecule has 9 heteroatoms. The average molecular weight is 535 g/mol. The van der Waals surface area contributed by atoms with Gasteiger partial charge in [0, 0.05) is 20.2 Å². The number of hydrogen-bond acceptors (Lipinski definition) is 4. The van der Waals surface area contributed by atoms with Gasteiger partial charge in [0.1, 0.15) is 0 Å². The molecular weight excluding hydrogens is 521 g/mol. The number of hydrogen-bond donors (Lipinski definition) is 1. The first kappa shape index (κ1) is 21.9. The highest BCUT2D eigenvalue weighted by atomic mass is 79.9. The normalized spacial score (nSPS) is 10.9. The maximum atomic E-state index is 13.2. The van der Waals surface area contributed by atoms with E-state index in [2.05, 4.69) is 26.2 Å². The zero-order chi connectivity index (χ0) is 22.0. The van der Waals surface area contributed by atoms with Crippen LogP contribution in [-0.4, -0.2) is 21.2 Å². The Bertz CT molecular complexity index is 1320. The Morgan fingerprint density at radius 3 is 2.42 bits per heavy atom. The second-order valence-electron chi connectivity index (χ2n) is 6.52. The number of fused-ring (bicyclic) bond motifs is 1. The van der Waals surface area contributed by atoms with Crippen molar-refractivity contribution in [3.8, 4) is 5.69 Å². The summed E-state index contributed by atoms with van der Waals surface area (Å²) in [7, 11) is 0. The number of aromatic nitrogens is 2. The number of halogens is 3. The predicted octanol–water partition coefficient (Wildman–Crippen LogP) is 6.19. The van der Waals surface area contributed by atoms with E-state index < -0.39 is 0 Å². The number of nitrogens with zero attached hydrogens (tertiary/aromatic N) is 2. The van der Waals surface area contributed by atoms with E-state index >= 15 is 0 Å². The molecule has 4 rings (SSSR count). The van der Waals surface area contributed by atoms with Gasteiger partial charge in [0.15, 0.2) is 5.16 Å². The van der Waals surface area contributed by atoms with E-state index in [4.69, 9.17) is 23.2 Å². The van der Waals surface area contributed by atoms with Gasteiger partial charge in [-0.2, -0.15) is 0 Å². The Kier molecular flexibility index (Phi) is 6.67. The summed E-state index contributed by atoms with van der Waals surface area (Å²) in [6.45, 7) is 0. The lowest BCUT2D eigenvalue weighted by Crippen LogP contribution is -2.23. The third kappa shape index (κ3) is 5.13. The van der Waals surface area contributed by atoms with E-state index in [1.165, 1.54) is 16.3 Å². The molecule has 3 aromatic carbocycles. The molecule has 0 aliphatic rings. The van der Waals surface area contributed by atoms with Gasteiger partial charge in [-0.1, -0.05) is 63.0 Å². The van der Waals surface area contributed by atoms with E-state index in [0.29, 0.717) is 37.5 Å². The average Bonchev–Trinajstić information content (AvgIpc) is 2.72. The molecule has 0 radical (unpaired) electrons. The van der Waals surface area contributed by atoms with Gasteiger partial charge in [-0.25, -0.2) is 4.98 Å². The van der Waals surface area contributed by atoms with Crippen molar-refractivity contribution in [2.45, 2.75) is 5.16 Å². The molecule has 156 valence electrons. The molecule has 0 atom stereocenters. The lowest BCUT2D eigenvalue weighted by Gasteiger charge is -2.13. The third-order valence-electron chi connectivity index (χ3n) is 4.31. The first-order valence-corrected chi connectivity index (χ1v) is 11.6. The maximum Gasteiger partial charge on any atom is 0.266 e. The van der Waals surface area contributed by atoms with Gasteiger partial charge in [0.05, 0.1) is 22.3 Å². The molecule has 0 saturated carbocycles. The Labute approximate surface area is 200 Å². The number of anilines is 1. The SMILES string of the molecule is O=C(CSc1nc2ccccc2c(=O)n1-c1ccc(Br)cc1)Nc1cc(Cl)cc(Cl)c1. The second kappa shape index (κ2) is 9.44. The molecule has 0 bridgehead atoms. The minimum atomic E-state index is -0.270. The maximum absolute atomic E-state index is 13.2. The highest BCUT2D eigenvalue weighted by Crippen LogP contribution is 2.25. The van der Waals surface area contributed by atoms with Crippen molar-refractivity contribution >= 4 is 73.4 Å². The van der Waals surface area contributed by atoms with Crippen LogP contribution in [0.1, 0.15) is 0 Å². The molecule has 0 aliphatic carbocycles. The molecule has 0 fully saturated rings. The molecule has 1 heterocycles. The first-order valence-electron chi connectivity index (χ1n) is 9.07. The zero-order valence-corrected chi connectivity index (χ0v) is 19.7. The van der Waals surface area contributed by atoms with Crippen molar-refractivity contribution in [3.05, 3.63) is 91.6 Å². The molecule has 0 aliphatic heterocycles. The summed E-state index contributed by atoms with van der Waals surface area (Å²) in [5, 5.41) is 4.54. The number of thioether (sulfide) groups is 1. The molecule has 1 aromatic heterocycles. The van der Waals surface area contributed by atoms with Crippen LogP contribution in [0.15, 0.2) is 81.2 Å².